The molecule has 1 amide bonds. The summed E-state index contributed by atoms with van der Waals surface area (Å²) < 4.78 is 38.5. The molecular weight excluding hydrogens is 466 g/mol. The largest absolute Gasteiger partial charge is 0.493 e. The maximum Gasteiger partial charge on any atom is 0.415 e. The third-order valence-corrected chi connectivity index (χ3v) is 5.60. The highest BCUT2D eigenvalue weighted by atomic mass is 16.7. The molecule has 9 heteroatoms. The van der Waals surface area contributed by atoms with Gasteiger partial charge in [-0.3, -0.25) is 0 Å². The SMILES string of the molecule is CCN(CC)C(=O)Oc1c(-c2ccc(OC)c(OC)c2)ccc2cc(OCOC)c(OCOC)cc12. The van der Waals surface area contributed by atoms with Crippen LogP contribution in [0.5, 0.6) is 28.7 Å². The van der Waals surface area contributed by atoms with E-state index >= 15 is 0 Å². The van der Waals surface area contributed by atoms with Gasteiger partial charge in [0.05, 0.1) is 14.2 Å². The Morgan fingerprint density at radius 1 is 0.750 bits per heavy atom. The molecule has 0 aliphatic heterocycles. The van der Waals surface area contributed by atoms with Crippen molar-refractivity contribution < 1.29 is 38.0 Å². The van der Waals surface area contributed by atoms with Gasteiger partial charge in [-0.05, 0) is 55.1 Å². The van der Waals surface area contributed by atoms with Crippen LogP contribution in [0.25, 0.3) is 21.9 Å². The number of hydrogen-bond donors (Lipinski definition) is 0. The number of fused-ring (bicyclic) bond motifs is 1. The van der Waals surface area contributed by atoms with E-state index in [9.17, 15) is 4.79 Å². The van der Waals surface area contributed by atoms with Gasteiger partial charge >= 0.3 is 6.09 Å². The van der Waals surface area contributed by atoms with Crippen molar-refractivity contribution >= 4 is 16.9 Å². The second-order valence-electron chi connectivity index (χ2n) is 7.67. The van der Waals surface area contributed by atoms with Gasteiger partial charge in [-0.25, -0.2) is 4.79 Å². The molecule has 0 fully saturated rings. The van der Waals surface area contributed by atoms with Crippen LogP contribution < -0.4 is 23.7 Å². The number of carbonyl (C=O) groups excluding carboxylic acids is 1. The molecule has 0 heterocycles. The van der Waals surface area contributed by atoms with Crippen molar-refractivity contribution in [1.82, 2.24) is 4.90 Å². The Labute approximate surface area is 211 Å². The number of rotatable bonds is 12. The number of nitrogens with zero attached hydrogens (tertiary/aromatic N) is 1. The van der Waals surface area contributed by atoms with E-state index in [1.54, 1.807) is 25.2 Å². The highest BCUT2D eigenvalue weighted by Crippen LogP contribution is 2.43. The predicted molar refractivity (Wildman–Crippen MR) is 136 cm³/mol. The Morgan fingerprint density at radius 3 is 1.97 bits per heavy atom. The summed E-state index contributed by atoms with van der Waals surface area (Å²) in [7, 11) is 6.22. The molecule has 0 radical (unpaired) electrons. The standard InChI is InChI=1S/C27H33NO8/c1-7-28(8-2)27(29)36-26-20(18-10-12-22(32-5)23(13-18)33-6)11-9-19-14-24(34-16-30-3)25(15-21(19)26)35-17-31-4/h9-15H,7-8,16-17H2,1-6H3. The number of methoxy groups -OCH3 is 4. The number of carbonyl (C=O) groups is 1. The van der Waals surface area contributed by atoms with Crippen molar-refractivity contribution in [3.05, 3.63) is 42.5 Å². The number of hydrogen-bond acceptors (Lipinski definition) is 8. The van der Waals surface area contributed by atoms with Crippen LogP contribution in [0.15, 0.2) is 42.5 Å². The third kappa shape index (κ3) is 5.92. The predicted octanol–water partition coefficient (Wildman–Crippen LogP) is 5.33. The molecule has 0 bridgehead atoms. The molecule has 0 saturated carbocycles. The van der Waals surface area contributed by atoms with Gasteiger partial charge in [0.15, 0.2) is 36.6 Å². The van der Waals surface area contributed by atoms with Gasteiger partial charge in [-0.15, -0.1) is 0 Å². The van der Waals surface area contributed by atoms with Crippen LogP contribution in [0, 0.1) is 0 Å². The second kappa shape index (κ2) is 12.9. The highest BCUT2D eigenvalue weighted by Gasteiger charge is 2.21. The van der Waals surface area contributed by atoms with Gasteiger partial charge in [-0.2, -0.15) is 0 Å². The van der Waals surface area contributed by atoms with E-state index in [2.05, 4.69) is 0 Å². The molecule has 0 aromatic heterocycles. The maximum absolute atomic E-state index is 13.1. The summed E-state index contributed by atoms with van der Waals surface area (Å²) in [6.45, 7) is 4.89. The third-order valence-electron chi connectivity index (χ3n) is 5.60. The fourth-order valence-electron chi connectivity index (χ4n) is 3.75. The van der Waals surface area contributed by atoms with Crippen LogP contribution in [0.2, 0.25) is 0 Å². The van der Waals surface area contributed by atoms with Crippen molar-refractivity contribution in [2.45, 2.75) is 13.8 Å². The summed E-state index contributed by atoms with van der Waals surface area (Å²) in [6.07, 6.45) is -0.451. The molecule has 3 aromatic carbocycles. The van der Waals surface area contributed by atoms with Crippen molar-refractivity contribution in [2.75, 3.05) is 55.1 Å². The number of amides is 1. The van der Waals surface area contributed by atoms with Crippen LogP contribution in [0.3, 0.4) is 0 Å². The van der Waals surface area contributed by atoms with Crippen LogP contribution in [-0.2, 0) is 9.47 Å². The van der Waals surface area contributed by atoms with Crippen LogP contribution in [0.4, 0.5) is 4.79 Å². The molecule has 194 valence electrons. The van der Waals surface area contributed by atoms with E-state index in [-0.39, 0.29) is 13.6 Å². The summed E-state index contributed by atoms with van der Waals surface area (Å²) in [5, 5.41) is 1.45. The van der Waals surface area contributed by atoms with Crippen LogP contribution in [-0.4, -0.2) is 66.1 Å². The molecule has 0 unspecified atom stereocenters. The highest BCUT2D eigenvalue weighted by molar-refractivity contribution is 5.99. The average Bonchev–Trinajstić information content (AvgIpc) is 2.90. The summed E-state index contributed by atoms with van der Waals surface area (Å²) in [5.41, 5.74) is 1.49. The Kier molecular flexibility index (Phi) is 9.61. The monoisotopic (exact) mass is 499 g/mol. The van der Waals surface area contributed by atoms with Gasteiger partial charge in [0.2, 0.25) is 0 Å². The van der Waals surface area contributed by atoms with Gasteiger partial charge < -0.3 is 38.1 Å². The Morgan fingerprint density at radius 2 is 1.39 bits per heavy atom. The molecule has 0 atom stereocenters. The molecule has 0 aliphatic rings. The maximum atomic E-state index is 13.1. The van der Waals surface area contributed by atoms with Crippen molar-refractivity contribution in [2.24, 2.45) is 0 Å². The van der Waals surface area contributed by atoms with E-state index < -0.39 is 6.09 Å². The Balaban J connectivity index is 2.24. The minimum atomic E-state index is -0.451. The van der Waals surface area contributed by atoms with Gasteiger partial charge in [0.25, 0.3) is 0 Å². The topological polar surface area (TPSA) is 84.9 Å². The molecule has 3 aromatic rings. The zero-order chi connectivity index (χ0) is 26.1. The lowest BCUT2D eigenvalue weighted by molar-refractivity contribution is 0.0324. The molecule has 36 heavy (non-hydrogen) atoms. The number of benzene rings is 3. The minimum Gasteiger partial charge on any atom is -0.493 e. The second-order valence-corrected chi connectivity index (χ2v) is 7.67. The van der Waals surface area contributed by atoms with E-state index in [0.29, 0.717) is 52.8 Å². The molecule has 0 saturated heterocycles. The van der Waals surface area contributed by atoms with E-state index in [4.69, 9.17) is 33.2 Å². The van der Waals surface area contributed by atoms with E-state index in [0.717, 1.165) is 10.9 Å². The first-order valence-corrected chi connectivity index (χ1v) is 11.5. The summed E-state index contributed by atoms with van der Waals surface area (Å²) in [5.74, 6) is 2.44. The molecule has 3 rings (SSSR count). The Hall–Kier alpha value is -3.69. The molecule has 0 aliphatic carbocycles. The summed E-state index contributed by atoms with van der Waals surface area (Å²) in [6, 6.07) is 12.9. The first kappa shape index (κ1) is 26.9. The lowest BCUT2D eigenvalue weighted by atomic mass is 9.98. The van der Waals surface area contributed by atoms with Gasteiger partial charge in [0.1, 0.15) is 5.75 Å². The van der Waals surface area contributed by atoms with Gasteiger partial charge in [0, 0.05) is 38.3 Å². The van der Waals surface area contributed by atoms with E-state index in [1.165, 1.54) is 14.2 Å². The molecule has 0 spiro atoms. The van der Waals surface area contributed by atoms with Crippen LogP contribution in [0.1, 0.15) is 13.8 Å². The smallest absolute Gasteiger partial charge is 0.415 e. The first-order valence-electron chi connectivity index (χ1n) is 11.5. The fraction of sp³-hybridized carbons (Fsp3) is 0.370. The van der Waals surface area contributed by atoms with E-state index in [1.807, 2.05) is 50.2 Å². The minimum absolute atomic E-state index is 0.0127. The summed E-state index contributed by atoms with van der Waals surface area (Å²) >= 11 is 0. The van der Waals surface area contributed by atoms with Crippen molar-refractivity contribution in [3.8, 4) is 39.9 Å². The fourth-order valence-corrected chi connectivity index (χ4v) is 3.75. The lowest BCUT2D eigenvalue weighted by Gasteiger charge is -2.21. The van der Waals surface area contributed by atoms with Crippen LogP contribution >= 0.6 is 0 Å². The zero-order valence-electron chi connectivity index (χ0n) is 21.6. The lowest BCUT2D eigenvalue weighted by Crippen LogP contribution is -2.33. The normalized spacial score (nSPS) is 10.7. The number of ether oxygens (including phenoxy) is 7. The summed E-state index contributed by atoms with van der Waals surface area (Å²) in [4.78, 5) is 14.7. The zero-order valence-corrected chi connectivity index (χ0v) is 21.6. The molecular formula is C27H33NO8. The van der Waals surface area contributed by atoms with Crippen molar-refractivity contribution in [3.63, 3.8) is 0 Å². The van der Waals surface area contributed by atoms with Crippen molar-refractivity contribution in [1.29, 1.82) is 0 Å². The first-order chi connectivity index (χ1) is 17.5. The molecule has 9 nitrogen and oxygen atoms in total. The molecule has 0 N–H and O–H groups in total. The average molecular weight is 500 g/mol. The Bertz CT molecular complexity index is 1180. The quantitative estimate of drug-likeness (QED) is 0.309. The van der Waals surface area contributed by atoms with Gasteiger partial charge in [-0.1, -0.05) is 12.1 Å².